The van der Waals surface area contributed by atoms with E-state index in [0.717, 1.165) is 25.2 Å². The highest BCUT2D eigenvalue weighted by Crippen LogP contribution is 2.22. The third-order valence-electron chi connectivity index (χ3n) is 4.62. The molecule has 1 aromatic carbocycles. The number of piperidine rings is 1. The van der Waals surface area contributed by atoms with Gasteiger partial charge in [-0.3, -0.25) is 0 Å². The molecule has 2 heterocycles. The van der Waals surface area contributed by atoms with Gasteiger partial charge in [-0.15, -0.1) is 0 Å². The number of hydrogen-bond acceptors (Lipinski definition) is 6. The number of sulfonamides is 1. The van der Waals surface area contributed by atoms with Gasteiger partial charge < -0.3 is 9.64 Å². The molecule has 1 saturated heterocycles. The maximum atomic E-state index is 12.5. The summed E-state index contributed by atoms with van der Waals surface area (Å²) >= 11 is 0. The Hall–Kier alpha value is -2.63. The zero-order valence-corrected chi connectivity index (χ0v) is 15.9. The molecule has 0 amide bonds. The van der Waals surface area contributed by atoms with Crippen molar-refractivity contribution in [3.63, 3.8) is 0 Å². The molecule has 1 aliphatic rings. The van der Waals surface area contributed by atoms with Crippen molar-refractivity contribution in [1.29, 1.82) is 5.26 Å². The Labute approximate surface area is 159 Å². The van der Waals surface area contributed by atoms with Gasteiger partial charge in [0.2, 0.25) is 10.0 Å². The summed E-state index contributed by atoms with van der Waals surface area (Å²) in [5.74, 6) is 1.56. The molecular weight excluding hydrogens is 364 g/mol. The van der Waals surface area contributed by atoms with Crippen LogP contribution in [0.4, 0.5) is 5.82 Å². The molecule has 2 aromatic rings. The molecule has 7 nitrogen and oxygen atoms in total. The summed E-state index contributed by atoms with van der Waals surface area (Å²) < 4.78 is 32.8. The van der Waals surface area contributed by atoms with Crippen molar-refractivity contribution >= 4 is 15.8 Å². The Morgan fingerprint density at radius 3 is 2.78 bits per heavy atom. The van der Waals surface area contributed by atoms with Crippen molar-refractivity contribution < 1.29 is 13.2 Å². The van der Waals surface area contributed by atoms with Gasteiger partial charge in [-0.05, 0) is 55.2 Å². The zero-order valence-electron chi connectivity index (χ0n) is 15.1. The number of pyridine rings is 1. The summed E-state index contributed by atoms with van der Waals surface area (Å²) in [5.41, 5.74) is 0.384. The Morgan fingerprint density at radius 2 is 2.07 bits per heavy atom. The van der Waals surface area contributed by atoms with Crippen molar-refractivity contribution in [2.45, 2.75) is 17.7 Å². The fourth-order valence-corrected chi connectivity index (χ4v) is 4.28. The van der Waals surface area contributed by atoms with Gasteiger partial charge >= 0.3 is 0 Å². The van der Waals surface area contributed by atoms with Gasteiger partial charge in [0.15, 0.2) is 0 Å². The molecule has 3 rings (SSSR count). The van der Waals surface area contributed by atoms with Crippen LogP contribution >= 0.6 is 0 Å². The lowest BCUT2D eigenvalue weighted by Gasteiger charge is -2.33. The van der Waals surface area contributed by atoms with Crippen LogP contribution in [0.1, 0.15) is 18.5 Å². The lowest BCUT2D eigenvalue weighted by Crippen LogP contribution is -2.41. The predicted molar refractivity (Wildman–Crippen MR) is 102 cm³/mol. The molecule has 1 atom stereocenters. The molecule has 0 spiro atoms. The number of aromatic nitrogens is 1. The van der Waals surface area contributed by atoms with Crippen LogP contribution < -0.4 is 14.4 Å². The molecule has 0 aliphatic carbocycles. The average Bonchev–Trinajstić information content (AvgIpc) is 2.72. The fraction of sp³-hybridized carbons (Fsp3) is 0.368. The summed E-state index contributed by atoms with van der Waals surface area (Å²) in [6.45, 7) is 1.92. The normalized spacial score (nSPS) is 17.3. The number of rotatable bonds is 6. The van der Waals surface area contributed by atoms with E-state index in [1.165, 1.54) is 19.2 Å². The standard InChI is InChI=1S/C19H22N4O3S/c1-26-17-7-9-18(10-8-17)27(24,25)21-13-15-4-3-11-23(14-15)19-6-2-5-16(12-20)22-19/h2,5-10,15,21H,3-4,11,13-14H2,1H3. The van der Waals surface area contributed by atoms with Crippen LogP contribution in [0.15, 0.2) is 47.4 Å². The van der Waals surface area contributed by atoms with E-state index in [0.29, 0.717) is 24.5 Å². The van der Waals surface area contributed by atoms with E-state index in [2.05, 4.69) is 20.7 Å². The number of nitriles is 1. The van der Waals surface area contributed by atoms with E-state index in [9.17, 15) is 8.42 Å². The Morgan fingerprint density at radius 1 is 1.30 bits per heavy atom. The second kappa shape index (κ2) is 8.37. The van der Waals surface area contributed by atoms with Gasteiger partial charge in [0.25, 0.3) is 0 Å². The largest absolute Gasteiger partial charge is 0.497 e. The number of benzene rings is 1. The van der Waals surface area contributed by atoms with Crippen LogP contribution in [0.5, 0.6) is 5.75 Å². The molecule has 1 unspecified atom stereocenters. The molecule has 1 aliphatic heterocycles. The van der Waals surface area contributed by atoms with Gasteiger partial charge in [0.05, 0.1) is 12.0 Å². The van der Waals surface area contributed by atoms with Crippen LogP contribution in [0.2, 0.25) is 0 Å². The SMILES string of the molecule is COc1ccc(S(=O)(=O)NCC2CCCN(c3cccc(C#N)n3)C2)cc1. The van der Waals surface area contributed by atoms with Crippen molar-refractivity contribution in [3.05, 3.63) is 48.2 Å². The minimum absolute atomic E-state index is 0.180. The Kier molecular flexibility index (Phi) is 5.94. The van der Waals surface area contributed by atoms with Gasteiger partial charge in [0, 0.05) is 19.6 Å². The molecule has 0 saturated carbocycles. The minimum Gasteiger partial charge on any atom is -0.497 e. The first-order valence-corrected chi connectivity index (χ1v) is 10.3. The molecular formula is C19H22N4O3S. The van der Waals surface area contributed by atoms with Crippen LogP contribution in [0, 0.1) is 17.2 Å². The second-order valence-electron chi connectivity index (χ2n) is 6.47. The van der Waals surface area contributed by atoms with Crippen LogP contribution in [0.3, 0.4) is 0 Å². The number of nitrogens with zero attached hydrogens (tertiary/aromatic N) is 3. The van der Waals surface area contributed by atoms with E-state index in [1.54, 1.807) is 18.2 Å². The Bertz CT molecular complexity index is 923. The average molecular weight is 386 g/mol. The van der Waals surface area contributed by atoms with E-state index < -0.39 is 10.0 Å². The molecule has 1 N–H and O–H groups in total. The quantitative estimate of drug-likeness (QED) is 0.817. The topological polar surface area (TPSA) is 95.3 Å². The van der Waals surface area contributed by atoms with Crippen molar-refractivity contribution in [2.24, 2.45) is 5.92 Å². The number of ether oxygens (including phenoxy) is 1. The molecule has 1 aromatic heterocycles. The maximum absolute atomic E-state index is 12.5. The first kappa shape index (κ1) is 19.1. The minimum atomic E-state index is -3.56. The fourth-order valence-electron chi connectivity index (χ4n) is 3.17. The Balaban J connectivity index is 1.62. The summed E-state index contributed by atoms with van der Waals surface area (Å²) in [7, 11) is -2.02. The first-order valence-electron chi connectivity index (χ1n) is 8.77. The number of nitrogens with one attached hydrogen (secondary N) is 1. The molecule has 0 bridgehead atoms. The molecule has 142 valence electrons. The van der Waals surface area contributed by atoms with Gasteiger partial charge in [-0.25, -0.2) is 18.1 Å². The summed E-state index contributed by atoms with van der Waals surface area (Å²) in [6, 6.07) is 13.7. The number of anilines is 1. The summed E-state index contributed by atoms with van der Waals surface area (Å²) in [6.07, 6.45) is 1.90. The zero-order chi connectivity index (χ0) is 19.3. The monoisotopic (exact) mass is 386 g/mol. The lowest BCUT2D eigenvalue weighted by molar-refractivity contribution is 0.409. The van der Waals surface area contributed by atoms with Crippen molar-refractivity contribution in [2.75, 3.05) is 31.6 Å². The van der Waals surface area contributed by atoms with E-state index >= 15 is 0 Å². The smallest absolute Gasteiger partial charge is 0.240 e. The lowest BCUT2D eigenvalue weighted by atomic mass is 9.98. The highest BCUT2D eigenvalue weighted by molar-refractivity contribution is 7.89. The van der Waals surface area contributed by atoms with Gasteiger partial charge in [-0.2, -0.15) is 5.26 Å². The highest BCUT2D eigenvalue weighted by atomic mass is 32.2. The van der Waals surface area contributed by atoms with E-state index in [4.69, 9.17) is 10.00 Å². The van der Waals surface area contributed by atoms with E-state index in [-0.39, 0.29) is 10.8 Å². The number of methoxy groups -OCH3 is 1. The van der Waals surface area contributed by atoms with E-state index in [1.807, 2.05) is 12.1 Å². The molecule has 27 heavy (non-hydrogen) atoms. The van der Waals surface area contributed by atoms with Crippen molar-refractivity contribution in [3.8, 4) is 11.8 Å². The van der Waals surface area contributed by atoms with Crippen molar-refractivity contribution in [1.82, 2.24) is 9.71 Å². The summed E-state index contributed by atoms with van der Waals surface area (Å²) in [5, 5.41) is 9.01. The summed E-state index contributed by atoms with van der Waals surface area (Å²) in [4.78, 5) is 6.67. The van der Waals surface area contributed by atoms with Gasteiger partial charge in [-0.1, -0.05) is 6.07 Å². The molecule has 1 fully saturated rings. The van der Waals surface area contributed by atoms with Crippen LogP contribution in [-0.4, -0.2) is 40.1 Å². The molecule has 8 heteroatoms. The molecule has 0 radical (unpaired) electrons. The first-order chi connectivity index (χ1) is 13.0. The van der Waals surface area contributed by atoms with Crippen LogP contribution in [-0.2, 0) is 10.0 Å². The number of hydrogen-bond donors (Lipinski definition) is 1. The third kappa shape index (κ3) is 4.76. The third-order valence-corrected chi connectivity index (χ3v) is 6.06. The predicted octanol–water partition coefficient (Wildman–Crippen LogP) is 2.16. The maximum Gasteiger partial charge on any atom is 0.240 e. The second-order valence-corrected chi connectivity index (χ2v) is 8.24. The van der Waals surface area contributed by atoms with Crippen LogP contribution in [0.25, 0.3) is 0 Å². The van der Waals surface area contributed by atoms with Gasteiger partial charge in [0.1, 0.15) is 23.3 Å². The highest BCUT2D eigenvalue weighted by Gasteiger charge is 2.23.